The van der Waals surface area contributed by atoms with Crippen molar-refractivity contribution in [3.05, 3.63) is 34.6 Å². The summed E-state index contributed by atoms with van der Waals surface area (Å²) in [5.74, 6) is 0.719. The average Bonchev–Trinajstić information content (AvgIpc) is 2.53. The van der Waals surface area contributed by atoms with E-state index in [1.165, 1.54) is 6.07 Å². The molecule has 1 atom stereocenters. The molecule has 0 radical (unpaired) electrons. The van der Waals surface area contributed by atoms with E-state index in [2.05, 4.69) is 22.5 Å². The van der Waals surface area contributed by atoms with E-state index >= 15 is 0 Å². The van der Waals surface area contributed by atoms with Gasteiger partial charge in [0.15, 0.2) is 5.96 Å². The fraction of sp³-hybridized carbons (Fsp3) is 0.588. The van der Waals surface area contributed by atoms with Gasteiger partial charge in [-0.15, -0.1) is 24.0 Å². The van der Waals surface area contributed by atoms with Crippen LogP contribution in [-0.2, 0) is 6.54 Å². The van der Waals surface area contributed by atoms with E-state index in [1.54, 1.807) is 12.1 Å². The SMILES string of the molecule is CCCC(CCO)CNC(=NCc1ccc(F)c(Cl)c1)NCC.I. The molecule has 0 fully saturated rings. The molecule has 4 nitrogen and oxygen atoms in total. The van der Waals surface area contributed by atoms with Crippen molar-refractivity contribution in [1.29, 1.82) is 0 Å². The van der Waals surface area contributed by atoms with Crippen LogP contribution in [0, 0.1) is 11.7 Å². The Bertz CT molecular complexity index is 497. The van der Waals surface area contributed by atoms with Crippen LogP contribution in [0.4, 0.5) is 4.39 Å². The van der Waals surface area contributed by atoms with Gasteiger partial charge in [0.1, 0.15) is 5.82 Å². The van der Waals surface area contributed by atoms with E-state index in [0.29, 0.717) is 18.4 Å². The Morgan fingerprint density at radius 1 is 1.29 bits per heavy atom. The van der Waals surface area contributed by atoms with Gasteiger partial charge in [-0.25, -0.2) is 9.38 Å². The molecule has 0 saturated heterocycles. The van der Waals surface area contributed by atoms with Crippen molar-refractivity contribution in [2.45, 2.75) is 39.7 Å². The van der Waals surface area contributed by atoms with Crippen molar-refractivity contribution in [3.63, 3.8) is 0 Å². The van der Waals surface area contributed by atoms with Gasteiger partial charge in [0.25, 0.3) is 0 Å². The van der Waals surface area contributed by atoms with E-state index in [0.717, 1.165) is 37.9 Å². The second kappa shape index (κ2) is 13.7. The second-order valence-electron chi connectivity index (χ2n) is 5.49. The highest BCUT2D eigenvalue weighted by Gasteiger charge is 2.08. The number of guanidine groups is 1. The van der Waals surface area contributed by atoms with Crippen LogP contribution in [0.15, 0.2) is 23.2 Å². The molecule has 1 aromatic rings. The van der Waals surface area contributed by atoms with E-state index in [9.17, 15) is 4.39 Å². The highest BCUT2D eigenvalue weighted by molar-refractivity contribution is 14.0. The normalized spacial score (nSPS) is 12.5. The zero-order valence-electron chi connectivity index (χ0n) is 14.3. The number of benzene rings is 1. The molecule has 0 saturated carbocycles. The number of hydrogen-bond acceptors (Lipinski definition) is 2. The Hall–Kier alpha value is -0.600. The topological polar surface area (TPSA) is 56.6 Å². The predicted octanol–water partition coefficient (Wildman–Crippen LogP) is 3.95. The maximum Gasteiger partial charge on any atom is 0.191 e. The van der Waals surface area contributed by atoms with Crippen molar-refractivity contribution in [1.82, 2.24) is 10.6 Å². The lowest BCUT2D eigenvalue weighted by Crippen LogP contribution is -2.40. The molecule has 1 aromatic carbocycles. The maximum absolute atomic E-state index is 13.2. The van der Waals surface area contributed by atoms with E-state index in [1.807, 2.05) is 6.92 Å². The predicted molar refractivity (Wildman–Crippen MR) is 110 cm³/mol. The molecule has 7 heteroatoms. The van der Waals surface area contributed by atoms with Gasteiger partial charge >= 0.3 is 0 Å². The number of hydrogen-bond donors (Lipinski definition) is 3. The van der Waals surface area contributed by atoms with Gasteiger partial charge in [-0.1, -0.05) is 31.0 Å². The number of halogens is 3. The third-order valence-electron chi connectivity index (χ3n) is 3.54. The van der Waals surface area contributed by atoms with Gasteiger partial charge in [0.05, 0.1) is 11.6 Å². The monoisotopic (exact) mass is 471 g/mol. The Morgan fingerprint density at radius 3 is 2.62 bits per heavy atom. The highest BCUT2D eigenvalue weighted by atomic mass is 127. The third-order valence-corrected chi connectivity index (χ3v) is 3.83. The van der Waals surface area contributed by atoms with Gasteiger partial charge in [0, 0.05) is 19.7 Å². The van der Waals surface area contributed by atoms with Gasteiger partial charge in [-0.05, 0) is 43.4 Å². The molecule has 0 aliphatic heterocycles. The molecule has 0 aliphatic carbocycles. The molecule has 1 rings (SSSR count). The summed E-state index contributed by atoms with van der Waals surface area (Å²) in [5.41, 5.74) is 0.856. The average molecular weight is 472 g/mol. The quantitative estimate of drug-likeness (QED) is 0.290. The van der Waals surface area contributed by atoms with Crippen LogP contribution >= 0.6 is 35.6 Å². The molecular formula is C17H28ClFIN3O. The molecule has 0 heterocycles. The Labute approximate surface area is 166 Å². The van der Waals surface area contributed by atoms with Crippen molar-refractivity contribution in [2.24, 2.45) is 10.9 Å². The molecule has 0 bridgehead atoms. The fourth-order valence-corrected chi connectivity index (χ4v) is 2.53. The third kappa shape index (κ3) is 9.03. The summed E-state index contributed by atoms with van der Waals surface area (Å²) in [5, 5.41) is 15.7. The van der Waals surface area contributed by atoms with Gasteiger partial charge in [-0.3, -0.25) is 0 Å². The zero-order chi connectivity index (χ0) is 17.1. The van der Waals surface area contributed by atoms with Crippen LogP contribution in [0.3, 0.4) is 0 Å². The van der Waals surface area contributed by atoms with Crippen LogP contribution in [-0.4, -0.2) is 30.8 Å². The largest absolute Gasteiger partial charge is 0.396 e. The van der Waals surface area contributed by atoms with Crippen LogP contribution in [0.5, 0.6) is 0 Å². The maximum atomic E-state index is 13.2. The highest BCUT2D eigenvalue weighted by Crippen LogP contribution is 2.16. The minimum atomic E-state index is -0.421. The molecular weight excluding hydrogens is 444 g/mol. The zero-order valence-corrected chi connectivity index (χ0v) is 17.4. The smallest absolute Gasteiger partial charge is 0.191 e. The minimum Gasteiger partial charge on any atom is -0.396 e. The number of aliphatic imine (C=N–C) groups is 1. The number of nitrogens with zero attached hydrogens (tertiary/aromatic N) is 1. The molecule has 0 aliphatic rings. The standard InChI is InChI=1S/C17H27ClFN3O.HI/c1-3-5-13(8-9-23)11-21-17(20-4-2)22-12-14-6-7-16(19)15(18)10-14;/h6-7,10,13,23H,3-5,8-9,11-12H2,1-2H3,(H2,20,21,22);1H. The first kappa shape index (κ1) is 23.4. The summed E-state index contributed by atoms with van der Waals surface area (Å²) >= 11 is 5.78. The summed E-state index contributed by atoms with van der Waals surface area (Å²) < 4.78 is 13.2. The first-order valence-corrected chi connectivity index (χ1v) is 8.55. The molecule has 3 N–H and O–H groups in total. The number of nitrogens with one attached hydrogen (secondary N) is 2. The molecule has 24 heavy (non-hydrogen) atoms. The summed E-state index contributed by atoms with van der Waals surface area (Å²) in [6.45, 7) is 6.30. The first-order valence-electron chi connectivity index (χ1n) is 8.17. The van der Waals surface area contributed by atoms with Crippen LogP contribution in [0.1, 0.15) is 38.7 Å². The molecule has 0 amide bonds. The van der Waals surface area contributed by atoms with Crippen LogP contribution in [0.2, 0.25) is 5.02 Å². The lowest BCUT2D eigenvalue weighted by atomic mass is 10.0. The summed E-state index contributed by atoms with van der Waals surface area (Å²) in [6, 6.07) is 4.63. The molecule has 138 valence electrons. The summed E-state index contributed by atoms with van der Waals surface area (Å²) in [7, 11) is 0. The van der Waals surface area contributed by atoms with E-state index in [4.69, 9.17) is 16.7 Å². The number of rotatable bonds is 9. The number of aliphatic hydroxyl groups excluding tert-OH is 1. The van der Waals surface area contributed by atoms with Crippen LogP contribution in [0.25, 0.3) is 0 Å². The van der Waals surface area contributed by atoms with Gasteiger partial charge in [0.2, 0.25) is 0 Å². The van der Waals surface area contributed by atoms with Crippen molar-refractivity contribution >= 4 is 41.5 Å². The number of aliphatic hydroxyl groups is 1. The Morgan fingerprint density at radius 2 is 2.04 bits per heavy atom. The molecule has 1 unspecified atom stereocenters. The lowest BCUT2D eigenvalue weighted by Gasteiger charge is -2.18. The van der Waals surface area contributed by atoms with E-state index < -0.39 is 5.82 Å². The van der Waals surface area contributed by atoms with Crippen LogP contribution < -0.4 is 10.6 Å². The van der Waals surface area contributed by atoms with Crippen molar-refractivity contribution in [3.8, 4) is 0 Å². The van der Waals surface area contributed by atoms with Crippen molar-refractivity contribution < 1.29 is 9.50 Å². The molecule has 0 spiro atoms. The van der Waals surface area contributed by atoms with Crippen molar-refractivity contribution in [2.75, 3.05) is 19.7 Å². The van der Waals surface area contributed by atoms with Gasteiger partial charge < -0.3 is 15.7 Å². The lowest BCUT2D eigenvalue weighted by molar-refractivity contribution is 0.251. The van der Waals surface area contributed by atoms with Gasteiger partial charge in [-0.2, -0.15) is 0 Å². The second-order valence-corrected chi connectivity index (χ2v) is 5.90. The minimum absolute atomic E-state index is 0. The summed E-state index contributed by atoms with van der Waals surface area (Å²) in [6.07, 6.45) is 2.95. The fourth-order valence-electron chi connectivity index (χ4n) is 2.33. The van der Waals surface area contributed by atoms with E-state index in [-0.39, 0.29) is 35.6 Å². The Kier molecular flexibility index (Phi) is 13.3. The summed E-state index contributed by atoms with van der Waals surface area (Å²) in [4.78, 5) is 4.50. The first-order chi connectivity index (χ1) is 11.1. The Balaban J connectivity index is 0.00000529. The molecule has 0 aromatic heterocycles.